The van der Waals surface area contributed by atoms with Crippen LogP contribution in [0.5, 0.6) is 17.2 Å². The minimum atomic E-state index is -0.310. The van der Waals surface area contributed by atoms with Crippen LogP contribution in [0.2, 0.25) is 0 Å². The second-order valence-corrected chi connectivity index (χ2v) is 10.2. The van der Waals surface area contributed by atoms with Crippen LogP contribution in [-0.2, 0) is 14.4 Å². The Kier molecular flexibility index (Phi) is 8.85. The number of nitrogens with zero attached hydrogens (tertiary/aromatic N) is 4. The molecular formula is C33H34N6O5. The van der Waals surface area contributed by atoms with Gasteiger partial charge in [-0.3, -0.25) is 9.63 Å². The number of anilines is 5. The zero-order chi connectivity index (χ0) is 30.3. The van der Waals surface area contributed by atoms with E-state index in [4.69, 9.17) is 19.0 Å². The molecule has 0 aliphatic carbocycles. The number of ether oxygens (including phenoxy) is 3. The minimum absolute atomic E-state index is 0.0693. The first-order chi connectivity index (χ1) is 21.6. The van der Waals surface area contributed by atoms with E-state index in [1.54, 1.807) is 7.11 Å². The highest BCUT2D eigenvalue weighted by Gasteiger charge is 2.30. The maximum Gasteiger partial charge on any atom is 0.247 e. The van der Waals surface area contributed by atoms with Crippen molar-refractivity contribution in [2.45, 2.75) is 12.5 Å². The van der Waals surface area contributed by atoms with Gasteiger partial charge in [0.05, 0.1) is 50.0 Å². The van der Waals surface area contributed by atoms with Gasteiger partial charge in [-0.15, -0.1) is 0 Å². The Hall–Kier alpha value is -5.13. The number of methoxy groups -OCH3 is 1. The molecule has 1 unspecified atom stereocenters. The van der Waals surface area contributed by atoms with Crippen molar-refractivity contribution in [2.24, 2.45) is 0 Å². The first-order valence-corrected chi connectivity index (χ1v) is 14.4. The third-order valence-corrected chi connectivity index (χ3v) is 7.38. The quantitative estimate of drug-likeness (QED) is 0.217. The van der Waals surface area contributed by atoms with Crippen LogP contribution in [0, 0.1) is 0 Å². The molecule has 1 aromatic heterocycles. The molecule has 0 radical (unpaired) electrons. The molecule has 226 valence electrons. The molecule has 2 saturated heterocycles. The Morgan fingerprint density at radius 3 is 2.59 bits per heavy atom. The third-order valence-electron chi connectivity index (χ3n) is 7.38. The van der Waals surface area contributed by atoms with Crippen molar-refractivity contribution in [1.29, 1.82) is 0 Å². The van der Waals surface area contributed by atoms with Crippen molar-refractivity contribution in [2.75, 3.05) is 60.6 Å². The Balaban J connectivity index is 1.25. The van der Waals surface area contributed by atoms with Crippen LogP contribution in [0.25, 0.3) is 0 Å². The van der Waals surface area contributed by atoms with Gasteiger partial charge < -0.3 is 29.7 Å². The highest BCUT2D eigenvalue weighted by Crippen LogP contribution is 2.40. The zero-order valence-corrected chi connectivity index (χ0v) is 24.4. The first kappa shape index (κ1) is 29.0. The van der Waals surface area contributed by atoms with E-state index in [9.17, 15) is 4.79 Å². The standard InChI is InChI=1S/C33H34N6O5/c1-3-33(40)37-26-19-27(30(41-2)20-29(26)38-13-16-42-17-14-38)36-31-21-32(35-22-34-31)39-28(12-15-43-39)23-8-7-11-25(18-23)44-24-9-5-4-6-10-24/h3-11,18-22,28H,1,12-17H2,2H3,(H,37,40)(H,34,35,36). The normalized spacial score (nSPS) is 16.3. The molecule has 6 rings (SSSR count). The SMILES string of the molecule is C=CC(=O)Nc1cc(Nc2cc(N3OCCC3c3cccc(Oc4ccccc4)c3)ncn2)c(OC)cc1N1CCOCC1. The third kappa shape index (κ3) is 6.59. The highest BCUT2D eigenvalue weighted by atomic mass is 16.7. The lowest BCUT2D eigenvalue weighted by Crippen LogP contribution is -2.36. The van der Waals surface area contributed by atoms with Gasteiger partial charge in [0.2, 0.25) is 5.91 Å². The number of aromatic nitrogens is 2. The summed E-state index contributed by atoms with van der Waals surface area (Å²) < 4.78 is 17.3. The van der Waals surface area contributed by atoms with Crippen molar-refractivity contribution in [3.63, 3.8) is 0 Å². The number of nitrogens with one attached hydrogen (secondary N) is 2. The first-order valence-electron chi connectivity index (χ1n) is 14.4. The molecule has 44 heavy (non-hydrogen) atoms. The van der Waals surface area contributed by atoms with Gasteiger partial charge in [0.15, 0.2) is 5.82 Å². The number of hydrogen-bond donors (Lipinski definition) is 2. The topological polar surface area (TPSA) is 110 Å². The van der Waals surface area contributed by atoms with Gasteiger partial charge in [0.1, 0.15) is 29.4 Å². The fourth-order valence-corrected chi connectivity index (χ4v) is 5.27. The molecule has 0 saturated carbocycles. The van der Waals surface area contributed by atoms with Crippen molar-refractivity contribution in [3.05, 3.63) is 97.3 Å². The molecule has 11 heteroatoms. The zero-order valence-electron chi connectivity index (χ0n) is 24.4. The summed E-state index contributed by atoms with van der Waals surface area (Å²) in [6.45, 7) is 6.74. The predicted octanol–water partition coefficient (Wildman–Crippen LogP) is 5.87. The van der Waals surface area contributed by atoms with Crippen molar-refractivity contribution >= 4 is 34.6 Å². The number of carbonyl (C=O) groups is 1. The Bertz CT molecular complexity index is 1610. The smallest absolute Gasteiger partial charge is 0.247 e. The van der Waals surface area contributed by atoms with Crippen LogP contribution in [0.15, 0.2) is 91.8 Å². The summed E-state index contributed by atoms with van der Waals surface area (Å²) in [7, 11) is 1.61. The molecule has 4 aromatic rings. The average molecular weight is 595 g/mol. The predicted molar refractivity (Wildman–Crippen MR) is 169 cm³/mol. The molecule has 2 fully saturated rings. The molecule has 0 spiro atoms. The molecule has 0 bridgehead atoms. The molecule has 11 nitrogen and oxygen atoms in total. The van der Waals surface area contributed by atoms with Crippen LogP contribution in [-0.4, -0.2) is 55.9 Å². The van der Waals surface area contributed by atoms with Gasteiger partial charge in [0.25, 0.3) is 0 Å². The second kappa shape index (κ2) is 13.4. The lowest BCUT2D eigenvalue weighted by Gasteiger charge is -2.31. The number of morpholine rings is 1. The van der Waals surface area contributed by atoms with E-state index in [0.717, 1.165) is 29.2 Å². The van der Waals surface area contributed by atoms with Crippen LogP contribution in [0.4, 0.5) is 28.7 Å². The van der Waals surface area contributed by atoms with Crippen LogP contribution in [0.3, 0.4) is 0 Å². The summed E-state index contributed by atoms with van der Waals surface area (Å²) in [6.07, 6.45) is 3.51. The number of hydroxylamine groups is 1. The van der Waals surface area contributed by atoms with Crippen molar-refractivity contribution in [1.82, 2.24) is 9.97 Å². The summed E-state index contributed by atoms with van der Waals surface area (Å²) in [4.78, 5) is 29.5. The van der Waals surface area contributed by atoms with E-state index in [1.807, 2.05) is 71.8 Å². The van der Waals surface area contributed by atoms with Crippen molar-refractivity contribution in [3.8, 4) is 17.2 Å². The summed E-state index contributed by atoms with van der Waals surface area (Å²) in [5.74, 6) is 2.94. The van der Waals surface area contributed by atoms with Gasteiger partial charge >= 0.3 is 0 Å². The highest BCUT2D eigenvalue weighted by molar-refractivity contribution is 6.02. The molecule has 3 heterocycles. The van der Waals surface area contributed by atoms with E-state index in [-0.39, 0.29) is 11.9 Å². The van der Waals surface area contributed by atoms with Gasteiger partial charge in [0, 0.05) is 31.6 Å². The Labute approximate surface area is 256 Å². The van der Waals surface area contributed by atoms with Gasteiger partial charge in [-0.25, -0.2) is 15.0 Å². The van der Waals surface area contributed by atoms with E-state index in [0.29, 0.717) is 61.7 Å². The maximum atomic E-state index is 12.3. The molecule has 2 aliphatic rings. The number of carbonyl (C=O) groups excluding carboxylic acids is 1. The number of benzene rings is 3. The number of para-hydroxylation sites is 1. The van der Waals surface area contributed by atoms with Crippen LogP contribution < -0.4 is 30.1 Å². The summed E-state index contributed by atoms with van der Waals surface area (Å²) in [5, 5.41) is 8.08. The van der Waals surface area contributed by atoms with Gasteiger partial charge in [-0.2, -0.15) is 0 Å². The van der Waals surface area contributed by atoms with Crippen LogP contribution >= 0.6 is 0 Å². The lowest BCUT2D eigenvalue weighted by molar-refractivity contribution is -0.111. The van der Waals surface area contributed by atoms with E-state index in [1.165, 1.54) is 12.4 Å². The molecule has 2 aliphatic heterocycles. The monoisotopic (exact) mass is 594 g/mol. The fraction of sp³-hybridized carbons (Fsp3) is 0.242. The van der Waals surface area contributed by atoms with Crippen molar-refractivity contribution < 1.29 is 23.8 Å². The molecule has 3 aromatic carbocycles. The molecule has 1 atom stereocenters. The minimum Gasteiger partial charge on any atom is -0.494 e. The van der Waals surface area contributed by atoms with Crippen LogP contribution in [0.1, 0.15) is 18.0 Å². The Morgan fingerprint density at radius 2 is 1.80 bits per heavy atom. The second-order valence-electron chi connectivity index (χ2n) is 10.2. The number of amides is 1. The number of rotatable bonds is 10. The molecule has 2 N–H and O–H groups in total. The molecular weight excluding hydrogens is 560 g/mol. The van der Waals surface area contributed by atoms with E-state index < -0.39 is 0 Å². The summed E-state index contributed by atoms with van der Waals surface area (Å²) >= 11 is 0. The lowest BCUT2D eigenvalue weighted by atomic mass is 10.0. The van der Waals surface area contributed by atoms with E-state index in [2.05, 4.69) is 38.1 Å². The van der Waals surface area contributed by atoms with E-state index >= 15 is 0 Å². The fourth-order valence-electron chi connectivity index (χ4n) is 5.27. The average Bonchev–Trinajstić information content (AvgIpc) is 3.56. The van der Waals surface area contributed by atoms with Gasteiger partial charge in [-0.05, 0) is 42.0 Å². The Morgan fingerprint density at radius 1 is 0.977 bits per heavy atom. The maximum absolute atomic E-state index is 12.3. The number of hydrogen-bond acceptors (Lipinski definition) is 10. The summed E-state index contributed by atoms with van der Waals surface area (Å²) in [5.41, 5.74) is 3.13. The molecule has 1 amide bonds. The summed E-state index contributed by atoms with van der Waals surface area (Å²) in [6, 6.07) is 23.2. The largest absolute Gasteiger partial charge is 0.494 e. The van der Waals surface area contributed by atoms with Gasteiger partial charge in [-0.1, -0.05) is 36.9 Å².